The number of piperidine rings is 1. The maximum Gasteiger partial charge on any atom is 0.328 e. The molecule has 1 amide bonds. The summed E-state index contributed by atoms with van der Waals surface area (Å²) in [6.07, 6.45) is 2.95. The lowest BCUT2D eigenvalue weighted by Gasteiger charge is -2.30. The maximum absolute atomic E-state index is 13.7. The van der Waals surface area contributed by atoms with Gasteiger partial charge in [0.1, 0.15) is 6.54 Å². The highest BCUT2D eigenvalue weighted by molar-refractivity contribution is 7.92. The van der Waals surface area contributed by atoms with E-state index in [2.05, 4.69) is 0 Å². The number of fused-ring (bicyclic) bond motifs is 1. The SMILES string of the molecule is Cc1ccc(N(CC(=O)N2CCCCC2)S(=O)(=O)c2ccc3c(c2)n(C)c(=O)n3C)cc1. The molecule has 2 aromatic carbocycles. The number of carbonyl (C=O) groups excluding carboxylic acids is 1. The molecule has 2 heterocycles. The minimum absolute atomic E-state index is 0.0400. The van der Waals surface area contributed by atoms with Gasteiger partial charge in [0.25, 0.3) is 10.0 Å². The maximum atomic E-state index is 13.7. The van der Waals surface area contributed by atoms with E-state index in [9.17, 15) is 18.0 Å². The number of carbonyl (C=O) groups is 1. The van der Waals surface area contributed by atoms with Crippen molar-refractivity contribution in [3.63, 3.8) is 0 Å². The Kier molecular flexibility index (Phi) is 5.85. The number of hydrogen-bond acceptors (Lipinski definition) is 4. The summed E-state index contributed by atoms with van der Waals surface area (Å²) in [7, 11) is -0.794. The van der Waals surface area contributed by atoms with E-state index in [1.165, 1.54) is 25.6 Å². The molecule has 0 bridgehead atoms. The third-order valence-electron chi connectivity index (χ3n) is 6.14. The first-order valence-electron chi connectivity index (χ1n) is 10.7. The minimum Gasteiger partial charge on any atom is -0.341 e. The highest BCUT2D eigenvalue weighted by Gasteiger charge is 2.30. The Morgan fingerprint density at radius 1 is 0.938 bits per heavy atom. The van der Waals surface area contributed by atoms with Gasteiger partial charge < -0.3 is 4.90 Å². The van der Waals surface area contributed by atoms with E-state index in [1.54, 1.807) is 37.2 Å². The highest BCUT2D eigenvalue weighted by Crippen LogP contribution is 2.27. The van der Waals surface area contributed by atoms with Gasteiger partial charge in [-0.3, -0.25) is 18.2 Å². The Bertz CT molecular complexity index is 1320. The molecule has 1 aromatic heterocycles. The van der Waals surface area contributed by atoms with Crippen molar-refractivity contribution < 1.29 is 13.2 Å². The summed E-state index contributed by atoms with van der Waals surface area (Å²) in [5.74, 6) is -0.206. The van der Waals surface area contributed by atoms with Crippen molar-refractivity contribution in [3.05, 3.63) is 58.5 Å². The second-order valence-corrected chi connectivity index (χ2v) is 10.2. The number of rotatable bonds is 5. The van der Waals surface area contributed by atoms with Crippen LogP contribution in [0.2, 0.25) is 0 Å². The van der Waals surface area contributed by atoms with Crippen LogP contribution >= 0.6 is 0 Å². The van der Waals surface area contributed by atoms with E-state index in [-0.39, 0.29) is 23.0 Å². The Hall–Kier alpha value is -3.07. The summed E-state index contributed by atoms with van der Waals surface area (Å²) in [5.41, 5.74) is 2.36. The van der Waals surface area contributed by atoms with Crippen LogP contribution in [0.4, 0.5) is 5.69 Å². The fourth-order valence-electron chi connectivity index (χ4n) is 4.17. The number of nitrogens with zero attached hydrogens (tertiary/aromatic N) is 4. The molecule has 0 radical (unpaired) electrons. The van der Waals surface area contributed by atoms with Crippen LogP contribution in [-0.2, 0) is 28.9 Å². The number of likely N-dealkylation sites (tertiary alicyclic amines) is 1. The van der Waals surface area contributed by atoms with Gasteiger partial charge in [0.2, 0.25) is 5.91 Å². The van der Waals surface area contributed by atoms with Crippen LogP contribution in [0.5, 0.6) is 0 Å². The monoisotopic (exact) mass is 456 g/mol. The van der Waals surface area contributed by atoms with E-state index < -0.39 is 10.0 Å². The molecule has 0 saturated carbocycles. The standard InChI is InChI=1S/C23H28N4O4S/c1-17-7-9-18(10-8-17)27(16-22(28)26-13-5-4-6-14-26)32(30,31)19-11-12-20-21(15-19)25(3)23(29)24(20)2/h7-12,15H,4-6,13-14,16H2,1-3H3. The van der Waals surface area contributed by atoms with Crippen molar-refractivity contribution in [3.8, 4) is 0 Å². The zero-order valence-corrected chi connectivity index (χ0v) is 19.4. The predicted molar refractivity (Wildman–Crippen MR) is 124 cm³/mol. The van der Waals surface area contributed by atoms with Crippen LogP contribution in [0, 0.1) is 6.92 Å². The Morgan fingerprint density at radius 2 is 1.56 bits per heavy atom. The third-order valence-corrected chi connectivity index (χ3v) is 7.91. The molecule has 9 heteroatoms. The first kappa shape index (κ1) is 22.1. The molecule has 4 rings (SSSR count). The Morgan fingerprint density at radius 3 is 2.22 bits per heavy atom. The number of imidazole rings is 1. The lowest BCUT2D eigenvalue weighted by molar-refractivity contribution is -0.130. The van der Waals surface area contributed by atoms with Gasteiger partial charge in [0.15, 0.2) is 0 Å². The number of aromatic nitrogens is 2. The molecule has 1 aliphatic rings. The van der Waals surface area contributed by atoms with Gasteiger partial charge in [0.05, 0.1) is 21.6 Å². The molecular weight excluding hydrogens is 428 g/mol. The fourth-order valence-corrected chi connectivity index (χ4v) is 5.60. The quantitative estimate of drug-likeness (QED) is 0.590. The minimum atomic E-state index is -4.05. The van der Waals surface area contributed by atoms with Crippen molar-refractivity contribution in [1.29, 1.82) is 0 Å². The number of anilines is 1. The van der Waals surface area contributed by atoms with Gasteiger partial charge in [-0.05, 0) is 56.5 Å². The van der Waals surface area contributed by atoms with E-state index >= 15 is 0 Å². The van der Waals surface area contributed by atoms with Crippen LogP contribution in [0.15, 0.2) is 52.2 Å². The summed E-state index contributed by atoms with van der Waals surface area (Å²) in [4.78, 5) is 27.1. The lowest BCUT2D eigenvalue weighted by Crippen LogP contribution is -2.44. The summed E-state index contributed by atoms with van der Waals surface area (Å²) >= 11 is 0. The van der Waals surface area contributed by atoms with Crippen LogP contribution < -0.4 is 9.99 Å². The van der Waals surface area contributed by atoms with Gasteiger partial charge in [-0.2, -0.15) is 0 Å². The summed E-state index contributed by atoms with van der Waals surface area (Å²) < 4.78 is 31.6. The molecule has 0 atom stereocenters. The number of amides is 1. The zero-order chi connectivity index (χ0) is 23.0. The van der Waals surface area contributed by atoms with Gasteiger partial charge >= 0.3 is 5.69 Å². The highest BCUT2D eigenvalue weighted by atomic mass is 32.2. The first-order valence-corrected chi connectivity index (χ1v) is 12.2. The number of hydrogen-bond donors (Lipinski definition) is 0. The number of sulfonamides is 1. The molecule has 1 aliphatic heterocycles. The molecule has 0 spiro atoms. The molecule has 0 N–H and O–H groups in total. The van der Waals surface area contributed by atoms with Crippen molar-refractivity contribution in [2.24, 2.45) is 14.1 Å². The van der Waals surface area contributed by atoms with Crippen molar-refractivity contribution >= 4 is 32.7 Å². The van der Waals surface area contributed by atoms with Crippen molar-refractivity contribution in [1.82, 2.24) is 14.0 Å². The fraction of sp³-hybridized carbons (Fsp3) is 0.391. The van der Waals surface area contributed by atoms with E-state index in [0.29, 0.717) is 29.8 Å². The molecule has 1 fully saturated rings. The molecule has 3 aromatic rings. The smallest absolute Gasteiger partial charge is 0.328 e. The summed E-state index contributed by atoms with van der Waals surface area (Å²) in [6.45, 7) is 2.96. The topological polar surface area (TPSA) is 84.6 Å². The zero-order valence-electron chi connectivity index (χ0n) is 18.6. The Balaban J connectivity index is 1.77. The van der Waals surface area contributed by atoms with Crippen molar-refractivity contribution in [2.75, 3.05) is 23.9 Å². The Labute approximate surface area is 187 Å². The second kappa shape index (κ2) is 8.46. The van der Waals surface area contributed by atoms with Crippen LogP contribution in [0.3, 0.4) is 0 Å². The summed E-state index contributed by atoms with van der Waals surface area (Å²) in [6, 6.07) is 11.7. The molecule has 170 valence electrons. The molecule has 32 heavy (non-hydrogen) atoms. The van der Waals surface area contributed by atoms with Crippen LogP contribution in [0.25, 0.3) is 11.0 Å². The van der Waals surface area contributed by atoms with E-state index in [1.807, 2.05) is 19.1 Å². The molecule has 0 aliphatic carbocycles. The molecule has 0 unspecified atom stereocenters. The number of aryl methyl sites for hydroxylation is 3. The second-order valence-electron chi connectivity index (χ2n) is 8.34. The van der Waals surface area contributed by atoms with Crippen LogP contribution in [-0.4, -0.2) is 48.0 Å². The number of benzene rings is 2. The van der Waals surface area contributed by atoms with E-state index in [4.69, 9.17) is 0 Å². The molecule has 8 nitrogen and oxygen atoms in total. The molecular formula is C23H28N4O4S. The molecule has 1 saturated heterocycles. The third kappa shape index (κ3) is 3.92. The summed E-state index contributed by atoms with van der Waals surface area (Å²) in [5, 5.41) is 0. The largest absolute Gasteiger partial charge is 0.341 e. The normalized spacial score (nSPS) is 14.7. The van der Waals surface area contributed by atoms with Gasteiger partial charge in [-0.15, -0.1) is 0 Å². The van der Waals surface area contributed by atoms with Crippen molar-refractivity contribution in [2.45, 2.75) is 31.1 Å². The van der Waals surface area contributed by atoms with Gasteiger partial charge in [0, 0.05) is 27.2 Å². The van der Waals surface area contributed by atoms with Gasteiger partial charge in [-0.1, -0.05) is 17.7 Å². The predicted octanol–water partition coefficient (Wildman–Crippen LogP) is 2.39. The van der Waals surface area contributed by atoms with Gasteiger partial charge in [-0.25, -0.2) is 13.2 Å². The van der Waals surface area contributed by atoms with Crippen LogP contribution in [0.1, 0.15) is 24.8 Å². The average molecular weight is 457 g/mol. The lowest BCUT2D eigenvalue weighted by atomic mass is 10.1. The van der Waals surface area contributed by atoms with E-state index in [0.717, 1.165) is 24.8 Å². The first-order chi connectivity index (χ1) is 15.2. The average Bonchev–Trinajstić information content (AvgIpc) is 3.02.